The van der Waals surface area contributed by atoms with Crippen molar-refractivity contribution < 1.29 is 24.2 Å². The topological polar surface area (TPSA) is 87.1 Å². The lowest BCUT2D eigenvalue weighted by molar-refractivity contribution is -0.154. The van der Waals surface area contributed by atoms with Crippen molar-refractivity contribution >= 4 is 51.2 Å². The molecule has 2 amide bonds. The highest BCUT2D eigenvalue weighted by molar-refractivity contribution is 9.09. The summed E-state index contributed by atoms with van der Waals surface area (Å²) in [7, 11) is 0. The number of benzene rings is 1. The van der Waals surface area contributed by atoms with Gasteiger partial charge in [0.25, 0.3) is 5.91 Å². The summed E-state index contributed by atoms with van der Waals surface area (Å²) in [6.07, 6.45) is 5.21. The zero-order valence-corrected chi connectivity index (χ0v) is 26.2. The summed E-state index contributed by atoms with van der Waals surface area (Å²) in [6.45, 7) is 15.8. The fourth-order valence-corrected chi connectivity index (χ4v) is 10.5. The lowest BCUT2D eigenvalue weighted by Gasteiger charge is -2.41. The van der Waals surface area contributed by atoms with Crippen LogP contribution in [-0.2, 0) is 19.1 Å². The predicted molar refractivity (Wildman–Crippen MR) is 164 cm³/mol. The molecule has 8 atom stereocenters. The average molecular weight is 634 g/mol. The Morgan fingerprint density at radius 1 is 1.30 bits per heavy atom. The monoisotopic (exact) mass is 632 g/mol. The molecule has 0 saturated carbocycles. The van der Waals surface area contributed by atoms with E-state index in [1.54, 1.807) is 33.7 Å². The SMILES string of the molecule is C=CCCOC(=O)[C@H]1[C@H]2C(=O)N([C@@H](CO)[C@@H](C)CC)C(C(=O)N(CC=C)c3c(C)cccc3C)C23CC(Br)[C@@H]1S3. The van der Waals surface area contributed by atoms with Crippen LogP contribution >= 0.6 is 27.7 Å². The largest absolute Gasteiger partial charge is 0.465 e. The molecule has 3 unspecified atom stereocenters. The van der Waals surface area contributed by atoms with Crippen molar-refractivity contribution in [2.75, 3.05) is 24.7 Å². The smallest absolute Gasteiger partial charge is 0.310 e. The average Bonchev–Trinajstić information content (AvgIpc) is 3.51. The van der Waals surface area contributed by atoms with Crippen molar-refractivity contribution in [1.82, 2.24) is 4.90 Å². The molecule has 1 spiro atoms. The van der Waals surface area contributed by atoms with Crippen LogP contribution in [0.5, 0.6) is 0 Å². The molecular formula is C31H41BrN2O5S. The molecule has 3 heterocycles. The van der Waals surface area contributed by atoms with Gasteiger partial charge in [-0.05, 0) is 43.7 Å². The second kappa shape index (κ2) is 12.4. The van der Waals surface area contributed by atoms with Crippen LogP contribution in [0.4, 0.5) is 5.69 Å². The first-order chi connectivity index (χ1) is 19.1. The number of alkyl halides is 1. The number of aryl methyl sites for hydroxylation is 2. The molecule has 3 aliphatic heterocycles. The molecule has 2 bridgehead atoms. The number of anilines is 1. The van der Waals surface area contributed by atoms with Gasteiger partial charge < -0.3 is 19.6 Å². The summed E-state index contributed by atoms with van der Waals surface area (Å²) >= 11 is 5.38. The van der Waals surface area contributed by atoms with E-state index in [0.717, 1.165) is 23.2 Å². The molecule has 1 N–H and O–H groups in total. The number of amides is 2. The maximum Gasteiger partial charge on any atom is 0.310 e. The molecule has 9 heteroatoms. The number of carbonyl (C=O) groups excluding carboxylic acids is 3. The zero-order valence-electron chi connectivity index (χ0n) is 23.8. The third-order valence-corrected chi connectivity index (χ3v) is 12.2. The van der Waals surface area contributed by atoms with Gasteiger partial charge in [0.1, 0.15) is 6.04 Å². The normalized spacial score (nSPS) is 30.1. The minimum atomic E-state index is -0.851. The van der Waals surface area contributed by atoms with Crippen molar-refractivity contribution in [2.45, 2.75) is 73.9 Å². The molecule has 1 aromatic carbocycles. The maximum atomic E-state index is 14.9. The number of esters is 1. The van der Waals surface area contributed by atoms with Gasteiger partial charge in [0.05, 0.1) is 35.8 Å². The molecular weight excluding hydrogens is 592 g/mol. The minimum absolute atomic E-state index is 0.0486. The van der Waals surface area contributed by atoms with Gasteiger partial charge in [-0.25, -0.2) is 0 Å². The van der Waals surface area contributed by atoms with Crippen LogP contribution < -0.4 is 4.90 Å². The van der Waals surface area contributed by atoms with Crippen molar-refractivity contribution in [1.29, 1.82) is 0 Å². The summed E-state index contributed by atoms with van der Waals surface area (Å²) in [6, 6.07) is 4.50. The fourth-order valence-electron chi connectivity index (χ4n) is 6.93. The van der Waals surface area contributed by atoms with Gasteiger partial charge in [0.15, 0.2) is 0 Å². The molecule has 218 valence electrons. The first-order valence-corrected chi connectivity index (χ1v) is 15.9. The van der Waals surface area contributed by atoms with E-state index in [0.29, 0.717) is 12.8 Å². The Kier molecular flexibility index (Phi) is 9.57. The fraction of sp³-hybridized carbons (Fsp3) is 0.581. The highest BCUT2D eigenvalue weighted by Gasteiger charge is 2.77. The van der Waals surface area contributed by atoms with E-state index in [-0.39, 0.29) is 47.6 Å². The molecule has 0 aromatic heterocycles. The molecule has 4 rings (SSSR count). The van der Waals surface area contributed by atoms with E-state index >= 15 is 0 Å². The molecule has 3 saturated heterocycles. The van der Waals surface area contributed by atoms with Gasteiger partial charge in [-0.15, -0.1) is 24.9 Å². The van der Waals surface area contributed by atoms with Crippen LogP contribution in [0.15, 0.2) is 43.5 Å². The quantitative estimate of drug-likeness (QED) is 0.154. The first-order valence-electron chi connectivity index (χ1n) is 14.1. The second-order valence-electron chi connectivity index (χ2n) is 11.3. The van der Waals surface area contributed by atoms with Gasteiger partial charge in [-0.2, -0.15) is 0 Å². The number of carbonyl (C=O) groups is 3. The van der Waals surface area contributed by atoms with Crippen LogP contribution in [0.25, 0.3) is 0 Å². The van der Waals surface area contributed by atoms with Crippen molar-refractivity contribution in [3.63, 3.8) is 0 Å². The van der Waals surface area contributed by atoms with E-state index in [4.69, 9.17) is 4.74 Å². The Labute approximate surface area is 250 Å². The van der Waals surface area contributed by atoms with E-state index in [1.165, 1.54) is 0 Å². The van der Waals surface area contributed by atoms with E-state index < -0.39 is 34.6 Å². The first kappa shape index (κ1) is 30.8. The van der Waals surface area contributed by atoms with Crippen LogP contribution in [0.1, 0.15) is 44.2 Å². The lowest BCUT2D eigenvalue weighted by atomic mass is 9.71. The van der Waals surface area contributed by atoms with Gasteiger partial charge in [-0.3, -0.25) is 14.4 Å². The number of ether oxygens (including phenoxy) is 1. The minimum Gasteiger partial charge on any atom is -0.465 e. The number of aliphatic hydroxyl groups is 1. The summed E-state index contributed by atoms with van der Waals surface area (Å²) in [4.78, 5) is 46.2. The summed E-state index contributed by atoms with van der Waals surface area (Å²) in [5, 5.41) is 10.4. The number of thioether (sulfide) groups is 1. The highest BCUT2D eigenvalue weighted by atomic mass is 79.9. The van der Waals surface area contributed by atoms with Gasteiger partial charge in [-0.1, -0.05) is 66.5 Å². The van der Waals surface area contributed by atoms with Gasteiger partial charge in [0, 0.05) is 22.3 Å². The number of halogens is 1. The van der Waals surface area contributed by atoms with E-state index in [2.05, 4.69) is 29.1 Å². The van der Waals surface area contributed by atoms with Crippen LogP contribution in [0, 0.1) is 31.6 Å². The Bertz CT molecular complexity index is 1160. The predicted octanol–water partition coefficient (Wildman–Crippen LogP) is 4.81. The number of likely N-dealkylation sites (tertiary alicyclic amines) is 1. The number of hydrogen-bond acceptors (Lipinski definition) is 6. The Morgan fingerprint density at radius 3 is 2.55 bits per heavy atom. The summed E-state index contributed by atoms with van der Waals surface area (Å²) in [5.41, 5.74) is 2.70. The number of hydrogen-bond donors (Lipinski definition) is 1. The third-order valence-electron chi connectivity index (χ3n) is 8.93. The Hall–Kier alpha value is -2.10. The second-order valence-corrected chi connectivity index (χ2v) is 14.0. The third kappa shape index (κ3) is 4.96. The number of para-hydroxylation sites is 1. The molecule has 1 aromatic rings. The zero-order chi connectivity index (χ0) is 29.4. The number of nitrogens with zero attached hydrogens (tertiary/aromatic N) is 2. The lowest BCUT2D eigenvalue weighted by Crippen LogP contribution is -2.59. The summed E-state index contributed by atoms with van der Waals surface area (Å²) in [5.74, 6) is -2.28. The van der Waals surface area contributed by atoms with Crippen LogP contribution in [0.3, 0.4) is 0 Å². The molecule has 3 fully saturated rings. The van der Waals surface area contributed by atoms with Gasteiger partial charge in [0.2, 0.25) is 5.91 Å². The molecule has 0 aliphatic carbocycles. The molecule has 7 nitrogen and oxygen atoms in total. The number of rotatable bonds is 12. The number of fused-ring (bicyclic) bond motifs is 1. The van der Waals surface area contributed by atoms with Crippen LogP contribution in [0.2, 0.25) is 0 Å². The van der Waals surface area contributed by atoms with E-state index in [1.807, 2.05) is 45.9 Å². The maximum absolute atomic E-state index is 14.9. The molecule has 3 aliphatic rings. The highest BCUT2D eigenvalue weighted by Crippen LogP contribution is 2.68. The summed E-state index contributed by atoms with van der Waals surface area (Å²) < 4.78 is 4.79. The standard InChI is InChI=1S/C31H41BrN2O5S/c1-7-10-15-39-30(38)23-24-28(36)34(22(17-35)18(4)9-3)27(31(24)16-21(32)26(23)40-31)29(37)33(14-8-2)25-19(5)12-11-13-20(25)6/h7-8,11-13,18,21-24,26-27,35H,1-2,9-10,14-17H2,3-6H3/t18-,21?,22-,23-,24-,26-,27?,31?/m0/s1. The van der Waals surface area contributed by atoms with Crippen molar-refractivity contribution in [2.24, 2.45) is 17.8 Å². The number of aliphatic hydroxyl groups excluding tert-OH is 1. The van der Waals surface area contributed by atoms with Crippen LogP contribution in [-0.4, -0.2) is 74.5 Å². The molecule has 0 radical (unpaired) electrons. The van der Waals surface area contributed by atoms with Gasteiger partial charge >= 0.3 is 5.97 Å². The Balaban J connectivity index is 1.86. The van der Waals surface area contributed by atoms with Crippen molar-refractivity contribution in [3.8, 4) is 0 Å². The van der Waals surface area contributed by atoms with E-state index in [9.17, 15) is 19.5 Å². The molecule has 40 heavy (non-hydrogen) atoms. The van der Waals surface area contributed by atoms with Crippen molar-refractivity contribution in [3.05, 3.63) is 54.6 Å². The Morgan fingerprint density at radius 2 is 1.98 bits per heavy atom.